The van der Waals surface area contributed by atoms with Crippen LogP contribution in [0.1, 0.15) is 19.8 Å². The highest BCUT2D eigenvalue weighted by Gasteiger charge is 1.97. The molecule has 0 spiro atoms. The van der Waals surface area contributed by atoms with Crippen molar-refractivity contribution in [2.45, 2.75) is 19.8 Å². The van der Waals surface area contributed by atoms with Crippen molar-refractivity contribution in [1.29, 1.82) is 0 Å². The van der Waals surface area contributed by atoms with Gasteiger partial charge in [0, 0.05) is 7.05 Å². The van der Waals surface area contributed by atoms with Gasteiger partial charge < -0.3 is 5.32 Å². The quantitative estimate of drug-likeness (QED) is 0.507. The Morgan fingerprint density at radius 3 is 2.78 bits per heavy atom. The van der Waals surface area contributed by atoms with Gasteiger partial charge in [-0.1, -0.05) is 13.3 Å². The van der Waals surface area contributed by atoms with Crippen LogP contribution in [0.5, 0.6) is 0 Å². The summed E-state index contributed by atoms with van der Waals surface area (Å²) in [6.45, 7) is 3.01. The van der Waals surface area contributed by atoms with Crippen molar-refractivity contribution in [3.63, 3.8) is 0 Å². The zero-order valence-corrected chi connectivity index (χ0v) is 6.11. The van der Waals surface area contributed by atoms with Crippen LogP contribution >= 0.6 is 0 Å². The average Bonchev–Trinajstić information content (AvgIpc) is 1.89. The Hall–Kier alpha value is -0.570. The lowest BCUT2D eigenvalue weighted by Gasteiger charge is -1.94. The zero-order chi connectivity index (χ0) is 7.11. The highest BCUT2D eigenvalue weighted by Crippen LogP contribution is 1.77. The molecular weight excluding hydrogens is 116 g/mol. The fourth-order valence-electron chi connectivity index (χ4n) is 0.539. The zero-order valence-electron chi connectivity index (χ0n) is 6.11. The van der Waals surface area contributed by atoms with Crippen molar-refractivity contribution in [3.05, 3.63) is 0 Å². The largest absolute Gasteiger partial charge is 0.413 e. The molecule has 0 bridgehead atoms. The number of carbonyl (C=O) groups excluding carboxylic acids is 1. The van der Waals surface area contributed by atoms with E-state index in [1.807, 2.05) is 0 Å². The molecule has 0 rings (SSSR count). The van der Waals surface area contributed by atoms with Gasteiger partial charge in [0.25, 0.3) is 0 Å². The third-order valence-corrected chi connectivity index (χ3v) is 1.13. The average molecular weight is 131 g/mol. The molecule has 0 heterocycles. The Labute approximate surface area is 55.8 Å². The first kappa shape index (κ1) is 8.43. The fraction of sp³-hybridized carbons (Fsp3) is 0.833. The van der Waals surface area contributed by atoms with E-state index < -0.39 is 0 Å². The van der Waals surface area contributed by atoms with Crippen molar-refractivity contribution < 1.29 is 10.1 Å². The van der Waals surface area contributed by atoms with Crippen molar-refractivity contribution in [2.24, 2.45) is 0 Å². The second-order valence-corrected chi connectivity index (χ2v) is 1.96. The summed E-state index contributed by atoms with van der Waals surface area (Å²) in [5, 5.41) is 4.21. The summed E-state index contributed by atoms with van der Waals surface area (Å²) >= 11 is 0. The van der Waals surface area contributed by atoms with E-state index in [-0.39, 0.29) is 6.03 Å². The first-order valence-electron chi connectivity index (χ1n) is 3.36. The summed E-state index contributed by atoms with van der Waals surface area (Å²) in [6, 6.07) is 0.0310. The molecule has 0 radical (unpaired) electrons. The van der Waals surface area contributed by atoms with Crippen LogP contribution in [0, 0.1) is 0 Å². The van der Waals surface area contributed by atoms with Crippen molar-refractivity contribution >= 4 is 6.03 Å². The molecule has 0 aromatic carbocycles. The van der Waals surface area contributed by atoms with Crippen molar-refractivity contribution in [1.82, 2.24) is 5.32 Å². The molecule has 54 valence electrons. The lowest BCUT2D eigenvalue weighted by molar-refractivity contribution is -0.556. The normalized spacial score (nSPS) is 9.11. The van der Waals surface area contributed by atoms with Crippen LogP contribution in [0.4, 0.5) is 4.79 Å². The molecule has 3 N–H and O–H groups in total. The maximum Gasteiger partial charge on any atom is 0.413 e. The van der Waals surface area contributed by atoms with E-state index in [1.165, 1.54) is 0 Å². The number of amides is 2. The van der Waals surface area contributed by atoms with Gasteiger partial charge in [-0.15, -0.1) is 0 Å². The predicted molar refractivity (Wildman–Crippen MR) is 36.2 cm³/mol. The van der Waals surface area contributed by atoms with Gasteiger partial charge in [-0.05, 0) is 6.42 Å². The summed E-state index contributed by atoms with van der Waals surface area (Å²) in [4.78, 5) is 10.5. The van der Waals surface area contributed by atoms with Crippen molar-refractivity contribution in [2.75, 3.05) is 13.6 Å². The molecule has 0 aromatic rings. The summed E-state index contributed by atoms with van der Waals surface area (Å²) in [7, 11) is 1.64. The second-order valence-electron chi connectivity index (χ2n) is 1.96. The fourth-order valence-corrected chi connectivity index (χ4v) is 0.539. The van der Waals surface area contributed by atoms with E-state index in [9.17, 15) is 4.79 Å². The molecule has 0 saturated heterocycles. The minimum absolute atomic E-state index is 0.0310. The van der Waals surface area contributed by atoms with Gasteiger partial charge in [0.15, 0.2) is 0 Å². The van der Waals surface area contributed by atoms with Gasteiger partial charge in [-0.25, -0.2) is 4.79 Å². The number of rotatable bonds is 3. The lowest BCUT2D eigenvalue weighted by atomic mass is 10.3. The van der Waals surface area contributed by atoms with Gasteiger partial charge in [-0.3, -0.25) is 5.32 Å². The van der Waals surface area contributed by atoms with Crippen LogP contribution in [-0.2, 0) is 0 Å². The van der Waals surface area contributed by atoms with Gasteiger partial charge in [0.1, 0.15) is 0 Å². The van der Waals surface area contributed by atoms with Crippen LogP contribution in [0.25, 0.3) is 0 Å². The number of hydrogen-bond acceptors (Lipinski definition) is 1. The van der Waals surface area contributed by atoms with Gasteiger partial charge in [0.2, 0.25) is 0 Å². The number of quaternary nitrogens is 1. The van der Waals surface area contributed by atoms with Crippen LogP contribution in [0.2, 0.25) is 0 Å². The summed E-state index contributed by atoms with van der Waals surface area (Å²) < 4.78 is 0. The Morgan fingerprint density at radius 2 is 2.33 bits per heavy atom. The Kier molecular flexibility index (Phi) is 5.21. The van der Waals surface area contributed by atoms with Crippen LogP contribution in [0.3, 0.4) is 0 Å². The third kappa shape index (κ3) is 5.30. The highest BCUT2D eigenvalue weighted by atomic mass is 16.2. The molecule has 2 amide bonds. The maximum absolute atomic E-state index is 10.5. The summed E-state index contributed by atoms with van der Waals surface area (Å²) in [5.41, 5.74) is 0. The monoisotopic (exact) mass is 131 g/mol. The van der Waals surface area contributed by atoms with Gasteiger partial charge in [0.05, 0.1) is 6.54 Å². The minimum Gasteiger partial charge on any atom is -0.309 e. The molecule has 0 aliphatic heterocycles. The minimum atomic E-state index is 0.0310. The maximum atomic E-state index is 10.5. The van der Waals surface area contributed by atoms with Crippen LogP contribution in [-0.4, -0.2) is 19.6 Å². The molecule has 3 nitrogen and oxygen atoms in total. The summed E-state index contributed by atoms with van der Waals surface area (Å²) in [6.07, 6.45) is 2.25. The first-order valence-corrected chi connectivity index (χ1v) is 3.36. The molecular formula is C6H15N2O+. The molecule has 0 saturated carbocycles. The Morgan fingerprint density at radius 1 is 1.67 bits per heavy atom. The van der Waals surface area contributed by atoms with Gasteiger partial charge >= 0.3 is 6.03 Å². The topological polar surface area (TPSA) is 45.7 Å². The standard InChI is InChI=1S/C6H14N2O/c1-3-4-5-8-6(9)7-2/h3-5H2,1-2H3,(H2,7,8,9)/p+1. The highest BCUT2D eigenvalue weighted by molar-refractivity contribution is 5.62. The summed E-state index contributed by atoms with van der Waals surface area (Å²) in [5.74, 6) is 0. The number of unbranched alkanes of at least 4 members (excludes halogenated alkanes) is 1. The molecule has 0 aromatic heterocycles. The van der Waals surface area contributed by atoms with Crippen LogP contribution in [0.15, 0.2) is 0 Å². The number of carbonyl (C=O) groups is 1. The molecule has 0 aliphatic carbocycles. The molecule has 3 heteroatoms. The van der Waals surface area contributed by atoms with E-state index in [2.05, 4.69) is 12.2 Å². The van der Waals surface area contributed by atoms with Gasteiger partial charge in [-0.2, -0.15) is 0 Å². The number of primary amides is 1. The molecule has 0 fully saturated rings. The van der Waals surface area contributed by atoms with E-state index in [0.29, 0.717) is 0 Å². The van der Waals surface area contributed by atoms with Crippen LogP contribution < -0.4 is 10.6 Å². The van der Waals surface area contributed by atoms with Crippen molar-refractivity contribution in [3.8, 4) is 0 Å². The van der Waals surface area contributed by atoms with E-state index >= 15 is 0 Å². The number of nitrogens with two attached hydrogens (primary N) is 1. The number of nitrogens with one attached hydrogen (secondary N) is 1. The smallest absolute Gasteiger partial charge is 0.309 e. The van der Waals surface area contributed by atoms with E-state index in [4.69, 9.17) is 0 Å². The first-order chi connectivity index (χ1) is 4.31. The molecule has 0 aliphatic rings. The Bertz CT molecular complexity index is 83.1. The SMILES string of the molecule is CCCC[NH2+]C(=O)NC. The molecule has 0 atom stereocenters. The number of hydrogen-bond donors (Lipinski definition) is 2. The van der Waals surface area contributed by atoms with E-state index in [1.54, 1.807) is 12.4 Å². The number of urea groups is 1. The van der Waals surface area contributed by atoms with E-state index in [0.717, 1.165) is 19.4 Å². The third-order valence-electron chi connectivity index (χ3n) is 1.13. The second kappa shape index (κ2) is 5.56. The molecule has 9 heavy (non-hydrogen) atoms. The predicted octanol–water partition coefficient (Wildman–Crippen LogP) is -0.311. The lowest BCUT2D eigenvalue weighted by Crippen LogP contribution is -2.90. The molecule has 0 unspecified atom stereocenters. The Balaban J connectivity index is 2.97.